The number of aliphatic hydroxyl groups is 1. The molecule has 1 aliphatic carbocycles. The number of fused-ring (bicyclic) bond motifs is 1. The number of imidazole rings is 1. The molecule has 3 aromatic rings. The van der Waals surface area contributed by atoms with Crippen molar-refractivity contribution in [2.75, 3.05) is 18.5 Å². The van der Waals surface area contributed by atoms with E-state index in [2.05, 4.69) is 15.8 Å². The summed E-state index contributed by atoms with van der Waals surface area (Å²) >= 11 is 6.06. The van der Waals surface area contributed by atoms with E-state index in [1.165, 1.54) is 0 Å². The minimum absolute atomic E-state index is 0.0120. The maximum Gasteiger partial charge on any atom is 0.277 e. The Morgan fingerprint density at radius 2 is 2.21 bits per heavy atom. The average molecular weight is 490 g/mol. The molecular weight excluding hydrogens is 461 g/mol. The van der Waals surface area contributed by atoms with Crippen LogP contribution in [0.15, 0.2) is 30.6 Å². The van der Waals surface area contributed by atoms with Gasteiger partial charge in [-0.25, -0.2) is 14.9 Å². The van der Waals surface area contributed by atoms with E-state index in [-0.39, 0.29) is 29.4 Å². The van der Waals surface area contributed by atoms with Gasteiger partial charge in [-0.15, -0.1) is 0 Å². The summed E-state index contributed by atoms with van der Waals surface area (Å²) < 4.78 is 17.5. The lowest BCUT2D eigenvalue weighted by Crippen LogP contribution is -2.26. The summed E-state index contributed by atoms with van der Waals surface area (Å²) in [6.45, 7) is 2.70. The second-order valence-electron chi connectivity index (χ2n) is 8.77. The molecule has 1 aromatic heterocycles. The van der Waals surface area contributed by atoms with Crippen molar-refractivity contribution in [3.8, 4) is 0 Å². The third kappa shape index (κ3) is 5.67. The zero-order chi connectivity index (χ0) is 24.2. The Hall–Kier alpha value is -2.72. The first-order valence-electron chi connectivity index (χ1n) is 11.4. The van der Waals surface area contributed by atoms with Crippen molar-refractivity contribution in [1.82, 2.24) is 15.0 Å². The zero-order valence-electron chi connectivity index (χ0n) is 19.0. The van der Waals surface area contributed by atoms with E-state index in [0.29, 0.717) is 48.1 Å². The van der Waals surface area contributed by atoms with Gasteiger partial charge < -0.3 is 20.7 Å². The molecule has 0 aliphatic heterocycles. The fourth-order valence-electron chi connectivity index (χ4n) is 3.72. The van der Waals surface area contributed by atoms with Crippen molar-refractivity contribution >= 4 is 39.9 Å². The first kappa shape index (κ1) is 24.4. The van der Waals surface area contributed by atoms with Crippen LogP contribution in [0.1, 0.15) is 41.6 Å². The predicted molar refractivity (Wildman–Crippen MR) is 130 cm³/mol. The van der Waals surface area contributed by atoms with Crippen LogP contribution in [0.2, 0.25) is 5.02 Å². The van der Waals surface area contributed by atoms with Crippen LogP contribution in [0.4, 0.5) is 15.8 Å². The van der Waals surface area contributed by atoms with Gasteiger partial charge in [0.05, 0.1) is 36.3 Å². The standard InChI is InChI=1S/C24H29ClFN5O3/c1-14-9-16(25)6-7-19(14)29-22-18(24(33)30-34-12-15-4-5-15)10-20-23(21(22)26)28-13-31(20)8-2-3-17(27)11-32/h6-7,9-10,13,15,17,29,32H,2-5,8,11-12,27H2,1H3,(H,30,33). The maximum atomic E-state index is 15.7. The van der Waals surface area contributed by atoms with E-state index in [9.17, 15) is 4.79 Å². The fourth-order valence-corrected chi connectivity index (χ4v) is 3.95. The summed E-state index contributed by atoms with van der Waals surface area (Å²) in [5.74, 6) is -0.726. The SMILES string of the molecule is Cc1cc(Cl)ccc1Nc1c(C(=O)NOCC2CC2)cc2c(ncn2CCCC(N)CO)c1F. The van der Waals surface area contributed by atoms with E-state index >= 15 is 4.39 Å². The lowest BCUT2D eigenvalue weighted by atomic mass is 10.1. The molecule has 0 spiro atoms. The van der Waals surface area contributed by atoms with Gasteiger partial charge in [-0.3, -0.25) is 9.63 Å². The Morgan fingerprint density at radius 3 is 2.91 bits per heavy atom. The molecule has 1 amide bonds. The third-order valence-electron chi connectivity index (χ3n) is 5.94. The Morgan fingerprint density at radius 1 is 1.41 bits per heavy atom. The van der Waals surface area contributed by atoms with E-state index < -0.39 is 11.7 Å². The van der Waals surface area contributed by atoms with Crippen LogP contribution >= 0.6 is 11.6 Å². The molecule has 0 bridgehead atoms. The van der Waals surface area contributed by atoms with Gasteiger partial charge in [0.2, 0.25) is 0 Å². The van der Waals surface area contributed by atoms with Crippen molar-refractivity contribution in [1.29, 1.82) is 0 Å². The number of anilines is 2. The number of aliphatic hydroxyl groups excluding tert-OH is 1. The highest BCUT2D eigenvalue weighted by Crippen LogP contribution is 2.33. The second kappa shape index (κ2) is 10.7. The van der Waals surface area contributed by atoms with Crippen molar-refractivity contribution in [2.45, 2.75) is 45.2 Å². The quantitative estimate of drug-likeness (QED) is 0.302. The van der Waals surface area contributed by atoms with Gasteiger partial charge in [0, 0.05) is 23.3 Å². The third-order valence-corrected chi connectivity index (χ3v) is 6.17. The lowest BCUT2D eigenvalue weighted by molar-refractivity contribution is 0.0271. The summed E-state index contributed by atoms with van der Waals surface area (Å²) in [7, 11) is 0. The molecule has 2 aromatic carbocycles. The average Bonchev–Trinajstić information content (AvgIpc) is 3.55. The van der Waals surface area contributed by atoms with Crippen LogP contribution in [0.5, 0.6) is 0 Å². The number of benzene rings is 2. The molecule has 0 radical (unpaired) electrons. The van der Waals surface area contributed by atoms with Crippen LogP contribution in [-0.4, -0.2) is 39.8 Å². The zero-order valence-corrected chi connectivity index (χ0v) is 19.7. The molecule has 0 saturated heterocycles. The van der Waals surface area contributed by atoms with Gasteiger partial charge in [-0.05, 0) is 68.4 Å². The number of hydrogen-bond donors (Lipinski definition) is 4. The van der Waals surface area contributed by atoms with Crippen molar-refractivity contribution in [3.63, 3.8) is 0 Å². The molecule has 10 heteroatoms. The highest BCUT2D eigenvalue weighted by atomic mass is 35.5. The summed E-state index contributed by atoms with van der Waals surface area (Å²) in [6.07, 6.45) is 4.98. The number of aromatic nitrogens is 2. The lowest BCUT2D eigenvalue weighted by Gasteiger charge is -2.16. The Labute approximate surface area is 202 Å². The molecule has 1 heterocycles. The molecule has 34 heavy (non-hydrogen) atoms. The molecule has 1 atom stereocenters. The van der Waals surface area contributed by atoms with Crippen molar-refractivity contribution in [2.24, 2.45) is 11.7 Å². The van der Waals surface area contributed by atoms with E-state index in [4.69, 9.17) is 27.3 Å². The van der Waals surface area contributed by atoms with E-state index in [0.717, 1.165) is 18.4 Å². The number of hydrogen-bond acceptors (Lipinski definition) is 6. The summed E-state index contributed by atoms with van der Waals surface area (Å²) in [5.41, 5.74) is 10.4. The molecule has 1 unspecified atom stereocenters. The van der Waals surface area contributed by atoms with Gasteiger partial charge in [0.25, 0.3) is 5.91 Å². The maximum absolute atomic E-state index is 15.7. The predicted octanol–water partition coefficient (Wildman–Crippen LogP) is 4.05. The van der Waals surface area contributed by atoms with Gasteiger partial charge >= 0.3 is 0 Å². The van der Waals surface area contributed by atoms with E-state index in [1.807, 2.05) is 6.92 Å². The topological polar surface area (TPSA) is 114 Å². The number of nitrogens with zero attached hydrogens (tertiary/aromatic N) is 2. The normalized spacial score (nSPS) is 14.4. The summed E-state index contributed by atoms with van der Waals surface area (Å²) in [4.78, 5) is 22.6. The van der Waals surface area contributed by atoms with Crippen LogP contribution in [0.3, 0.4) is 0 Å². The van der Waals surface area contributed by atoms with Gasteiger partial charge in [-0.2, -0.15) is 0 Å². The minimum Gasteiger partial charge on any atom is -0.395 e. The van der Waals surface area contributed by atoms with Gasteiger partial charge in [0.15, 0.2) is 5.82 Å². The number of amides is 1. The van der Waals surface area contributed by atoms with E-state index in [1.54, 1.807) is 35.2 Å². The molecule has 8 nitrogen and oxygen atoms in total. The number of nitrogens with two attached hydrogens (primary N) is 1. The van der Waals surface area contributed by atoms with Crippen LogP contribution in [0.25, 0.3) is 11.0 Å². The molecule has 182 valence electrons. The Kier molecular flexibility index (Phi) is 7.67. The monoisotopic (exact) mass is 489 g/mol. The largest absolute Gasteiger partial charge is 0.395 e. The molecule has 1 aliphatic rings. The van der Waals surface area contributed by atoms with Gasteiger partial charge in [0.1, 0.15) is 5.52 Å². The number of aryl methyl sites for hydroxylation is 2. The number of hydroxylamine groups is 1. The van der Waals surface area contributed by atoms with Crippen molar-refractivity contribution in [3.05, 3.63) is 52.6 Å². The molecular formula is C24H29ClFN5O3. The first-order valence-corrected chi connectivity index (χ1v) is 11.7. The second-order valence-corrected chi connectivity index (χ2v) is 9.21. The molecule has 5 N–H and O–H groups in total. The minimum atomic E-state index is -0.634. The smallest absolute Gasteiger partial charge is 0.277 e. The highest BCUT2D eigenvalue weighted by Gasteiger charge is 2.25. The number of nitrogens with one attached hydrogen (secondary N) is 2. The Bertz CT molecular complexity index is 1180. The highest BCUT2D eigenvalue weighted by molar-refractivity contribution is 6.30. The number of rotatable bonds is 11. The molecule has 4 rings (SSSR count). The van der Waals surface area contributed by atoms with Crippen LogP contribution < -0.4 is 16.5 Å². The first-order chi connectivity index (χ1) is 16.4. The van der Waals surface area contributed by atoms with Crippen molar-refractivity contribution < 1.29 is 19.1 Å². The van der Waals surface area contributed by atoms with Crippen LogP contribution in [0, 0.1) is 18.7 Å². The molecule has 1 saturated carbocycles. The number of carbonyl (C=O) groups excluding carboxylic acids is 1. The summed E-state index contributed by atoms with van der Waals surface area (Å²) in [6, 6.07) is 6.48. The fraction of sp³-hybridized carbons (Fsp3) is 0.417. The Balaban J connectivity index is 1.67. The molecule has 1 fully saturated rings. The van der Waals surface area contributed by atoms with Gasteiger partial charge in [-0.1, -0.05) is 11.6 Å². The number of carbonyl (C=O) groups is 1. The van der Waals surface area contributed by atoms with Crippen LogP contribution in [-0.2, 0) is 11.4 Å². The summed E-state index contributed by atoms with van der Waals surface area (Å²) in [5, 5.41) is 12.7. The number of halogens is 2.